The first-order valence-corrected chi connectivity index (χ1v) is 11.3. The summed E-state index contributed by atoms with van der Waals surface area (Å²) in [5, 5.41) is 0. The Morgan fingerprint density at radius 2 is 0.828 bits per heavy atom. The molecule has 0 N–H and O–H groups in total. The number of rotatable bonds is 0. The molecule has 0 amide bonds. The fraction of sp³-hybridized carbons (Fsp3) is 0.667. The molecule has 0 spiro atoms. The smallest absolute Gasteiger partial charge is 0.339 e. The Kier molecular flexibility index (Phi) is 12.1. The number of esters is 2. The van der Waals surface area contributed by atoms with E-state index in [2.05, 4.69) is 0 Å². The molecule has 5 heteroatoms. The SMILES string of the molecule is O=C1OCCCCCCCCOCCCCCCCCOC(=O)c2ccccc21. The quantitative estimate of drug-likeness (QED) is 0.518. The molecule has 2 rings (SSSR count). The van der Waals surface area contributed by atoms with Gasteiger partial charge in [-0.1, -0.05) is 63.5 Å². The van der Waals surface area contributed by atoms with Crippen molar-refractivity contribution in [3.8, 4) is 0 Å². The first kappa shape index (κ1) is 23.4. The summed E-state index contributed by atoms with van der Waals surface area (Å²) in [7, 11) is 0. The average Bonchev–Trinajstić information content (AvgIpc) is 2.74. The number of hydrogen-bond donors (Lipinski definition) is 0. The maximum Gasteiger partial charge on any atom is 0.339 e. The minimum absolute atomic E-state index is 0.288. The van der Waals surface area contributed by atoms with E-state index < -0.39 is 11.9 Å². The molecule has 0 saturated carbocycles. The average molecular weight is 405 g/mol. The summed E-state index contributed by atoms with van der Waals surface area (Å²) >= 11 is 0. The van der Waals surface area contributed by atoms with Crippen molar-refractivity contribution in [3.63, 3.8) is 0 Å². The number of ether oxygens (including phenoxy) is 3. The van der Waals surface area contributed by atoms with E-state index in [1.54, 1.807) is 24.3 Å². The first-order valence-electron chi connectivity index (χ1n) is 11.3. The lowest BCUT2D eigenvalue weighted by molar-refractivity contribution is 0.0450. The predicted molar refractivity (Wildman–Crippen MR) is 113 cm³/mol. The normalized spacial score (nSPS) is 20.1. The van der Waals surface area contributed by atoms with Crippen LogP contribution in [0.1, 0.15) is 97.8 Å². The van der Waals surface area contributed by atoms with Crippen LogP contribution in [-0.4, -0.2) is 38.4 Å². The summed E-state index contributed by atoms with van der Waals surface area (Å²) in [6, 6.07) is 6.73. The molecule has 1 aromatic carbocycles. The van der Waals surface area contributed by atoms with Gasteiger partial charge in [0, 0.05) is 13.2 Å². The van der Waals surface area contributed by atoms with Crippen molar-refractivity contribution >= 4 is 11.9 Å². The van der Waals surface area contributed by atoms with Crippen LogP contribution in [0.3, 0.4) is 0 Å². The van der Waals surface area contributed by atoms with Gasteiger partial charge in [0.15, 0.2) is 0 Å². The van der Waals surface area contributed by atoms with Crippen molar-refractivity contribution in [3.05, 3.63) is 35.4 Å². The van der Waals surface area contributed by atoms with Crippen LogP contribution in [0.4, 0.5) is 0 Å². The molecule has 0 radical (unpaired) electrons. The summed E-state index contributed by atoms with van der Waals surface area (Å²) in [6.07, 6.45) is 13.0. The molecule has 162 valence electrons. The molecule has 0 aliphatic carbocycles. The van der Waals surface area contributed by atoms with Crippen molar-refractivity contribution in [1.82, 2.24) is 0 Å². The molecule has 5 nitrogen and oxygen atoms in total. The predicted octanol–water partition coefficient (Wildman–Crippen LogP) is 5.71. The molecule has 0 saturated heterocycles. The molecular formula is C24H36O5. The first-order chi connectivity index (χ1) is 14.3. The summed E-state index contributed by atoms with van der Waals surface area (Å²) in [6.45, 7) is 2.49. The second-order valence-corrected chi connectivity index (χ2v) is 7.67. The maximum atomic E-state index is 12.4. The zero-order valence-electron chi connectivity index (χ0n) is 17.7. The van der Waals surface area contributed by atoms with Crippen molar-refractivity contribution in [2.75, 3.05) is 26.4 Å². The van der Waals surface area contributed by atoms with Gasteiger partial charge in [-0.3, -0.25) is 0 Å². The van der Waals surface area contributed by atoms with Gasteiger partial charge in [0.05, 0.1) is 24.3 Å². The standard InChI is InChI=1S/C24H36O5/c25-23-21-15-9-10-16-22(21)24(26)29-20-14-8-4-2-6-12-18-27-17-11-5-1-3-7-13-19-28-23/h9-10,15-16H,1-8,11-14,17-20H2. The number of hydrogen-bond acceptors (Lipinski definition) is 5. The highest BCUT2D eigenvalue weighted by molar-refractivity contribution is 6.03. The highest BCUT2D eigenvalue weighted by Crippen LogP contribution is 2.14. The molecular weight excluding hydrogens is 368 g/mol. The minimum atomic E-state index is -0.451. The largest absolute Gasteiger partial charge is 0.462 e. The lowest BCUT2D eigenvalue weighted by atomic mass is 10.1. The van der Waals surface area contributed by atoms with Crippen LogP contribution < -0.4 is 0 Å². The number of fused-ring (bicyclic) bond motifs is 1. The Balaban J connectivity index is 1.84. The van der Waals surface area contributed by atoms with Gasteiger partial charge in [0.1, 0.15) is 0 Å². The molecule has 1 heterocycles. The van der Waals surface area contributed by atoms with E-state index in [-0.39, 0.29) is 11.1 Å². The molecule has 0 unspecified atom stereocenters. The minimum Gasteiger partial charge on any atom is -0.462 e. The van der Waals surface area contributed by atoms with Gasteiger partial charge in [-0.05, 0) is 37.8 Å². The zero-order chi connectivity index (χ0) is 20.6. The third kappa shape index (κ3) is 9.93. The van der Waals surface area contributed by atoms with Crippen LogP contribution in [0, 0.1) is 0 Å². The Morgan fingerprint density at radius 3 is 1.24 bits per heavy atom. The van der Waals surface area contributed by atoms with E-state index in [1.165, 1.54) is 25.7 Å². The Hall–Kier alpha value is -1.88. The van der Waals surface area contributed by atoms with Crippen molar-refractivity contribution in [2.45, 2.75) is 77.0 Å². The van der Waals surface area contributed by atoms with E-state index >= 15 is 0 Å². The second-order valence-electron chi connectivity index (χ2n) is 7.67. The summed E-state index contributed by atoms with van der Waals surface area (Å²) in [4.78, 5) is 24.8. The molecule has 0 bridgehead atoms. The molecule has 1 aromatic rings. The van der Waals surface area contributed by atoms with Gasteiger partial charge in [-0.2, -0.15) is 0 Å². The monoisotopic (exact) mass is 404 g/mol. The molecule has 0 aromatic heterocycles. The number of cyclic esters (lactones) is 2. The van der Waals surface area contributed by atoms with E-state index in [0.29, 0.717) is 13.2 Å². The Labute approximate surface area is 175 Å². The molecule has 0 atom stereocenters. The molecule has 1 aliphatic rings. The van der Waals surface area contributed by atoms with Crippen LogP contribution in [-0.2, 0) is 14.2 Å². The van der Waals surface area contributed by atoms with E-state index in [4.69, 9.17) is 14.2 Å². The number of carbonyl (C=O) groups excluding carboxylic acids is 2. The summed E-state index contributed by atoms with van der Waals surface area (Å²) < 4.78 is 16.5. The van der Waals surface area contributed by atoms with Gasteiger partial charge >= 0.3 is 11.9 Å². The van der Waals surface area contributed by atoms with Crippen LogP contribution in [0.25, 0.3) is 0 Å². The van der Waals surface area contributed by atoms with Gasteiger partial charge in [-0.25, -0.2) is 9.59 Å². The van der Waals surface area contributed by atoms with E-state index in [0.717, 1.165) is 64.6 Å². The van der Waals surface area contributed by atoms with Gasteiger partial charge in [0.2, 0.25) is 0 Å². The van der Waals surface area contributed by atoms with E-state index in [1.807, 2.05) is 0 Å². The maximum absolute atomic E-state index is 12.4. The fourth-order valence-electron chi connectivity index (χ4n) is 3.45. The van der Waals surface area contributed by atoms with Crippen molar-refractivity contribution in [1.29, 1.82) is 0 Å². The number of carbonyl (C=O) groups is 2. The molecule has 0 fully saturated rings. The van der Waals surface area contributed by atoms with Gasteiger partial charge < -0.3 is 14.2 Å². The highest BCUT2D eigenvalue weighted by Gasteiger charge is 2.18. The highest BCUT2D eigenvalue weighted by atomic mass is 16.5. The molecule has 29 heavy (non-hydrogen) atoms. The summed E-state index contributed by atoms with van der Waals surface area (Å²) in [5.74, 6) is -0.902. The van der Waals surface area contributed by atoms with Gasteiger partial charge in [-0.15, -0.1) is 0 Å². The fourth-order valence-corrected chi connectivity index (χ4v) is 3.45. The van der Waals surface area contributed by atoms with Crippen LogP contribution >= 0.6 is 0 Å². The topological polar surface area (TPSA) is 61.8 Å². The van der Waals surface area contributed by atoms with Crippen molar-refractivity contribution < 1.29 is 23.8 Å². The van der Waals surface area contributed by atoms with Crippen LogP contribution in [0.2, 0.25) is 0 Å². The summed E-state index contributed by atoms with van der Waals surface area (Å²) in [5.41, 5.74) is 0.576. The Morgan fingerprint density at radius 1 is 0.483 bits per heavy atom. The Bertz CT molecular complexity index is 548. The van der Waals surface area contributed by atoms with E-state index in [9.17, 15) is 9.59 Å². The van der Waals surface area contributed by atoms with Gasteiger partial charge in [0.25, 0.3) is 0 Å². The number of benzene rings is 1. The lowest BCUT2D eigenvalue weighted by Gasteiger charge is -2.10. The second kappa shape index (κ2) is 15.0. The lowest BCUT2D eigenvalue weighted by Crippen LogP contribution is -2.15. The zero-order valence-corrected chi connectivity index (χ0v) is 17.7. The van der Waals surface area contributed by atoms with Crippen LogP contribution in [0.5, 0.6) is 0 Å². The third-order valence-corrected chi connectivity index (χ3v) is 5.20. The molecule has 1 aliphatic heterocycles. The third-order valence-electron chi connectivity index (χ3n) is 5.20. The van der Waals surface area contributed by atoms with Crippen molar-refractivity contribution in [2.24, 2.45) is 0 Å². The van der Waals surface area contributed by atoms with Crippen LogP contribution in [0.15, 0.2) is 24.3 Å².